The third-order valence-electron chi connectivity index (χ3n) is 2.40. The second-order valence-electron chi connectivity index (χ2n) is 3.81. The number of pyridine rings is 1. The van der Waals surface area contributed by atoms with Crippen LogP contribution in [0.4, 0.5) is 13.2 Å². The van der Waals surface area contributed by atoms with E-state index in [0.29, 0.717) is 12.3 Å². The molecular weight excluding hydrogens is 257 g/mol. The van der Waals surface area contributed by atoms with Gasteiger partial charge in [-0.15, -0.1) is 0 Å². The number of hydrogen-bond acceptors (Lipinski definition) is 3. The molecule has 2 N–H and O–H groups in total. The molecule has 0 unspecified atom stereocenters. The maximum absolute atomic E-state index is 12.5. The maximum atomic E-state index is 12.5. The van der Waals surface area contributed by atoms with Gasteiger partial charge in [-0.05, 0) is 23.8 Å². The lowest BCUT2D eigenvalue weighted by Crippen LogP contribution is -2.07. The first-order valence-electron chi connectivity index (χ1n) is 5.50. The smallest absolute Gasteiger partial charge is 0.433 e. The average Bonchev–Trinajstić information content (AvgIpc) is 2.39. The predicted molar refractivity (Wildman–Crippen MR) is 63.6 cm³/mol. The van der Waals surface area contributed by atoms with Gasteiger partial charge in [-0.3, -0.25) is 0 Å². The fourth-order valence-corrected chi connectivity index (χ4v) is 1.44. The van der Waals surface area contributed by atoms with E-state index in [1.54, 1.807) is 24.3 Å². The van der Waals surface area contributed by atoms with Crippen molar-refractivity contribution in [3.05, 3.63) is 53.7 Å². The molecule has 0 bridgehead atoms. The van der Waals surface area contributed by atoms with E-state index in [1.807, 2.05) is 0 Å². The van der Waals surface area contributed by atoms with Crippen molar-refractivity contribution < 1.29 is 17.9 Å². The normalized spacial score (nSPS) is 11.4. The van der Waals surface area contributed by atoms with Gasteiger partial charge in [0, 0.05) is 12.6 Å². The van der Waals surface area contributed by atoms with E-state index in [-0.39, 0.29) is 5.88 Å². The summed E-state index contributed by atoms with van der Waals surface area (Å²) < 4.78 is 42.7. The number of nitrogens with two attached hydrogens (primary N) is 1. The van der Waals surface area contributed by atoms with Gasteiger partial charge in [0.1, 0.15) is 11.4 Å². The molecule has 19 heavy (non-hydrogen) atoms. The number of halogens is 3. The van der Waals surface area contributed by atoms with Gasteiger partial charge in [0.05, 0.1) is 0 Å². The van der Waals surface area contributed by atoms with Gasteiger partial charge in [0.15, 0.2) is 0 Å². The first kappa shape index (κ1) is 13.4. The van der Waals surface area contributed by atoms with Gasteiger partial charge in [0.2, 0.25) is 5.88 Å². The van der Waals surface area contributed by atoms with Crippen LogP contribution in [0.1, 0.15) is 11.3 Å². The van der Waals surface area contributed by atoms with Crippen molar-refractivity contribution in [3.63, 3.8) is 0 Å². The van der Waals surface area contributed by atoms with Crippen molar-refractivity contribution in [1.82, 2.24) is 4.98 Å². The highest BCUT2D eigenvalue weighted by atomic mass is 19.4. The molecule has 0 saturated carbocycles. The van der Waals surface area contributed by atoms with Crippen LogP contribution in [0.2, 0.25) is 0 Å². The monoisotopic (exact) mass is 268 g/mol. The zero-order valence-electron chi connectivity index (χ0n) is 9.82. The Morgan fingerprint density at radius 3 is 2.32 bits per heavy atom. The molecule has 0 radical (unpaired) electrons. The number of hydrogen-bond donors (Lipinski definition) is 1. The minimum atomic E-state index is -4.48. The summed E-state index contributed by atoms with van der Waals surface area (Å²) in [5, 5.41) is 0. The van der Waals surface area contributed by atoms with Crippen LogP contribution in [0, 0.1) is 0 Å². The van der Waals surface area contributed by atoms with Crippen LogP contribution in [0.3, 0.4) is 0 Å². The zero-order valence-corrected chi connectivity index (χ0v) is 9.82. The minimum absolute atomic E-state index is 0.102. The van der Waals surface area contributed by atoms with Crippen LogP contribution in [0.25, 0.3) is 0 Å². The van der Waals surface area contributed by atoms with E-state index in [9.17, 15) is 13.2 Å². The Balaban J connectivity index is 2.18. The van der Waals surface area contributed by atoms with E-state index in [2.05, 4.69) is 4.98 Å². The quantitative estimate of drug-likeness (QED) is 0.928. The molecule has 1 aromatic heterocycles. The lowest BCUT2D eigenvalue weighted by Gasteiger charge is -2.09. The van der Waals surface area contributed by atoms with Crippen LogP contribution in [-0.2, 0) is 12.7 Å². The van der Waals surface area contributed by atoms with Gasteiger partial charge in [-0.25, -0.2) is 4.98 Å². The van der Waals surface area contributed by atoms with E-state index in [1.165, 1.54) is 12.1 Å². The van der Waals surface area contributed by atoms with Crippen LogP contribution in [0.15, 0.2) is 42.5 Å². The summed E-state index contributed by atoms with van der Waals surface area (Å²) in [4.78, 5) is 3.41. The van der Waals surface area contributed by atoms with Gasteiger partial charge in [0.25, 0.3) is 0 Å². The first-order chi connectivity index (χ1) is 8.99. The molecule has 0 aliphatic carbocycles. The summed E-state index contributed by atoms with van der Waals surface area (Å²) in [5.41, 5.74) is 5.37. The summed E-state index contributed by atoms with van der Waals surface area (Å²) >= 11 is 0. The molecule has 1 heterocycles. The molecule has 6 heteroatoms. The number of ether oxygens (including phenoxy) is 1. The largest absolute Gasteiger partial charge is 0.439 e. The summed E-state index contributed by atoms with van der Waals surface area (Å²) in [6.07, 6.45) is -4.48. The molecule has 1 aromatic carbocycles. The second kappa shape index (κ2) is 5.27. The Bertz CT molecular complexity index is 553. The highest BCUT2D eigenvalue weighted by Crippen LogP contribution is 2.29. The van der Waals surface area contributed by atoms with Crippen LogP contribution in [-0.4, -0.2) is 4.98 Å². The SMILES string of the molecule is NCc1ccc(Oc2cccc(C(F)(F)F)n2)cc1. The molecule has 0 aliphatic rings. The zero-order chi connectivity index (χ0) is 13.9. The Labute approximate surface area is 107 Å². The number of nitrogens with zero attached hydrogens (tertiary/aromatic N) is 1. The van der Waals surface area contributed by atoms with Crippen molar-refractivity contribution in [2.45, 2.75) is 12.7 Å². The molecule has 0 atom stereocenters. The maximum Gasteiger partial charge on any atom is 0.433 e. The second-order valence-corrected chi connectivity index (χ2v) is 3.81. The van der Waals surface area contributed by atoms with Gasteiger partial charge >= 0.3 is 6.18 Å². The molecule has 100 valence electrons. The van der Waals surface area contributed by atoms with Crippen molar-refractivity contribution in [3.8, 4) is 11.6 Å². The summed E-state index contributed by atoms with van der Waals surface area (Å²) in [6.45, 7) is 0.391. The third kappa shape index (κ3) is 3.45. The van der Waals surface area contributed by atoms with Crippen LogP contribution >= 0.6 is 0 Å². The molecule has 2 rings (SSSR count). The lowest BCUT2D eigenvalue weighted by molar-refractivity contribution is -0.141. The Hall–Kier alpha value is -2.08. The molecule has 2 aromatic rings. The van der Waals surface area contributed by atoms with Crippen molar-refractivity contribution in [2.24, 2.45) is 5.73 Å². The van der Waals surface area contributed by atoms with Gasteiger partial charge in [-0.2, -0.15) is 13.2 Å². The number of alkyl halides is 3. The fourth-order valence-electron chi connectivity index (χ4n) is 1.44. The van der Waals surface area contributed by atoms with Crippen molar-refractivity contribution >= 4 is 0 Å². The van der Waals surface area contributed by atoms with Gasteiger partial charge in [-0.1, -0.05) is 18.2 Å². The highest BCUT2D eigenvalue weighted by Gasteiger charge is 2.32. The molecule has 0 fully saturated rings. The number of aromatic nitrogens is 1. The van der Waals surface area contributed by atoms with Crippen LogP contribution < -0.4 is 10.5 Å². The van der Waals surface area contributed by atoms with Crippen molar-refractivity contribution in [1.29, 1.82) is 0 Å². The van der Waals surface area contributed by atoms with E-state index in [0.717, 1.165) is 11.6 Å². The molecule has 0 saturated heterocycles. The molecule has 3 nitrogen and oxygen atoms in total. The summed E-state index contributed by atoms with van der Waals surface area (Å²) in [7, 11) is 0. The lowest BCUT2D eigenvalue weighted by atomic mass is 10.2. The third-order valence-corrected chi connectivity index (χ3v) is 2.40. The number of benzene rings is 1. The van der Waals surface area contributed by atoms with Crippen LogP contribution in [0.5, 0.6) is 11.6 Å². The summed E-state index contributed by atoms with van der Waals surface area (Å²) in [5.74, 6) is 0.305. The molecule has 0 spiro atoms. The van der Waals surface area contributed by atoms with Crippen molar-refractivity contribution in [2.75, 3.05) is 0 Å². The predicted octanol–water partition coefficient (Wildman–Crippen LogP) is 3.35. The average molecular weight is 268 g/mol. The van der Waals surface area contributed by atoms with E-state index >= 15 is 0 Å². The molecule has 0 amide bonds. The Kier molecular flexibility index (Phi) is 3.71. The topological polar surface area (TPSA) is 48.1 Å². The minimum Gasteiger partial charge on any atom is -0.439 e. The van der Waals surface area contributed by atoms with E-state index < -0.39 is 11.9 Å². The molecule has 0 aliphatic heterocycles. The highest BCUT2D eigenvalue weighted by molar-refractivity contribution is 5.31. The first-order valence-corrected chi connectivity index (χ1v) is 5.50. The fraction of sp³-hybridized carbons (Fsp3) is 0.154. The van der Waals surface area contributed by atoms with E-state index in [4.69, 9.17) is 10.5 Å². The molecular formula is C13H11F3N2O. The van der Waals surface area contributed by atoms with Gasteiger partial charge < -0.3 is 10.5 Å². The Morgan fingerprint density at radius 1 is 1.05 bits per heavy atom. The Morgan fingerprint density at radius 2 is 1.74 bits per heavy atom. The number of rotatable bonds is 3. The summed E-state index contributed by atoms with van der Waals surface area (Å²) in [6, 6.07) is 10.2. The standard InChI is InChI=1S/C13H11F3N2O/c14-13(15,16)11-2-1-3-12(18-11)19-10-6-4-9(8-17)5-7-10/h1-7H,8,17H2.